The molecule has 0 aromatic rings. The number of hydrogen-bond donors (Lipinski definition) is 5. The summed E-state index contributed by atoms with van der Waals surface area (Å²) < 4.78 is 6.51. The highest BCUT2D eigenvalue weighted by molar-refractivity contribution is 5.80. The molecule has 34 heavy (non-hydrogen) atoms. The minimum absolute atomic E-state index is 0.00477. The molecule has 0 aromatic heterocycles. The highest BCUT2D eigenvalue weighted by Gasteiger charge is 2.58. The first-order valence-electron chi connectivity index (χ1n) is 13.3. The van der Waals surface area contributed by atoms with Gasteiger partial charge in [0.05, 0.1) is 36.4 Å². The Bertz CT molecular complexity index is 735. The lowest BCUT2D eigenvalue weighted by atomic mass is 9.83. The van der Waals surface area contributed by atoms with Crippen LogP contribution in [0.25, 0.3) is 0 Å². The van der Waals surface area contributed by atoms with E-state index in [1.807, 2.05) is 0 Å². The third-order valence-electron chi connectivity index (χ3n) is 9.08. The summed E-state index contributed by atoms with van der Waals surface area (Å²) in [7, 11) is 2.15. The van der Waals surface area contributed by atoms with E-state index >= 15 is 0 Å². The third kappa shape index (κ3) is 5.75. The first-order chi connectivity index (χ1) is 16.4. The number of ether oxygens (including phenoxy) is 1. The van der Waals surface area contributed by atoms with Crippen LogP contribution in [0.3, 0.4) is 0 Å². The fourth-order valence-corrected chi connectivity index (χ4v) is 6.79. The van der Waals surface area contributed by atoms with Gasteiger partial charge in [0.1, 0.15) is 0 Å². The van der Waals surface area contributed by atoms with E-state index in [-0.39, 0.29) is 35.6 Å². The SMILES string of the molecule is CCC12CC(C(C(=O)NC3CNCCC3OC3CCN(C)CC3)C(N)N)NCC(CC#N)[C@@H]1C2. The van der Waals surface area contributed by atoms with Gasteiger partial charge in [-0.2, -0.15) is 5.26 Å². The molecule has 7 N–H and O–H groups in total. The molecular weight excluding hydrogens is 430 g/mol. The van der Waals surface area contributed by atoms with Gasteiger partial charge < -0.3 is 37.1 Å². The molecule has 0 bridgehead atoms. The number of rotatable bonds is 8. The molecular formula is C25H45N7O2. The molecule has 0 spiro atoms. The Balaban J connectivity index is 1.41. The highest BCUT2D eigenvalue weighted by atomic mass is 16.5. The Hall–Kier alpha value is -1.28. The number of carbonyl (C=O) groups excluding carboxylic acids is 1. The number of nitrogens with zero attached hydrogens (tertiary/aromatic N) is 2. The van der Waals surface area contributed by atoms with Crippen molar-refractivity contribution in [3.05, 3.63) is 0 Å². The second-order valence-corrected chi connectivity index (χ2v) is 11.3. The fraction of sp³-hybridized carbons (Fsp3) is 0.920. The lowest BCUT2D eigenvalue weighted by Gasteiger charge is -2.39. The topological polar surface area (TPSA) is 141 Å². The second-order valence-electron chi connectivity index (χ2n) is 11.3. The third-order valence-corrected chi connectivity index (χ3v) is 9.08. The molecule has 7 atom stereocenters. The van der Waals surface area contributed by atoms with E-state index in [0.717, 1.165) is 64.7 Å². The molecule has 1 aliphatic carbocycles. The Morgan fingerprint density at radius 1 is 1.26 bits per heavy atom. The fourth-order valence-electron chi connectivity index (χ4n) is 6.79. The van der Waals surface area contributed by atoms with Crippen molar-refractivity contribution in [3.63, 3.8) is 0 Å². The van der Waals surface area contributed by atoms with Crippen LogP contribution in [0, 0.1) is 34.5 Å². The summed E-state index contributed by atoms with van der Waals surface area (Å²) in [6.07, 6.45) is 6.11. The van der Waals surface area contributed by atoms with Gasteiger partial charge in [0.25, 0.3) is 0 Å². The van der Waals surface area contributed by atoms with Crippen molar-refractivity contribution in [2.75, 3.05) is 39.8 Å². The van der Waals surface area contributed by atoms with Crippen LogP contribution in [-0.2, 0) is 9.53 Å². The largest absolute Gasteiger partial charge is 0.373 e. The standard InChI is InChI=1S/C25H45N7O2/c1-3-25-12-18(25)16(4-8-26)14-30-19(13-25)22(23(27)28)24(33)31-20-15-29-9-5-21(20)34-17-6-10-32(2)11-7-17/h16-23,29-30H,3-7,9-15,27-28H2,1-2H3,(H,31,33)/t16?,18-,19?,20?,21?,22?,25?/m0/s1. The number of carbonyl (C=O) groups is 1. The number of fused-ring (bicyclic) bond motifs is 1. The zero-order chi connectivity index (χ0) is 24.3. The first kappa shape index (κ1) is 25.8. The zero-order valence-electron chi connectivity index (χ0n) is 21.0. The molecule has 4 fully saturated rings. The molecule has 6 unspecified atom stereocenters. The van der Waals surface area contributed by atoms with Gasteiger partial charge in [-0.3, -0.25) is 4.79 Å². The van der Waals surface area contributed by atoms with Crippen molar-refractivity contribution in [1.82, 2.24) is 20.9 Å². The Morgan fingerprint density at radius 2 is 2.03 bits per heavy atom. The Labute approximate surface area is 204 Å². The Kier molecular flexibility index (Phi) is 8.49. The van der Waals surface area contributed by atoms with Gasteiger partial charge in [0.2, 0.25) is 5.91 Å². The number of amides is 1. The van der Waals surface area contributed by atoms with E-state index in [1.165, 1.54) is 0 Å². The van der Waals surface area contributed by atoms with E-state index in [0.29, 0.717) is 24.8 Å². The van der Waals surface area contributed by atoms with Crippen molar-refractivity contribution < 1.29 is 9.53 Å². The molecule has 9 nitrogen and oxygen atoms in total. The minimum Gasteiger partial charge on any atom is -0.373 e. The monoisotopic (exact) mass is 475 g/mol. The summed E-state index contributed by atoms with van der Waals surface area (Å²) in [5.74, 6) is 0.293. The van der Waals surface area contributed by atoms with E-state index in [1.54, 1.807) is 0 Å². The quantitative estimate of drug-likeness (QED) is 0.312. The number of nitrogens with one attached hydrogen (secondary N) is 3. The van der Waals surface area contributed by atoms with Gasteiger partial charge in [-0.05, 0) is 69.5 Å². The molecule has 3 aliphatic heterocycles. The maximum Gasteiger partial charge on any atom is 0.227 e. The van der Waals surface area contributed by atoms with Crippen molar-refractivity contribution in [2.24, 2.45) is 34.6 Å². The molecule has 3 saturated heterocycles. The molecule has 3 heterocycles. The predicted octanol–water partition coefficient (Wildman–Crippen LogP) is 0.112. The molecule has 192 valence electrons. The van der Waals surface area contributed by atoms with Gasteiger partial charge in [-0.25, -0.2) is 0 Å². The van der Waals surface area contributed by atoms with Crippen molar-refractivity contribution in [2.45, 2.75) is 82.3 Å². The van der Waals surface area contributed by atoms with E-state index in [2.05, 4.69) is 40.9 Å². The van der Waals surface area contributed by atoms with Gasteiger partial charge >= 0.3 is 0 Å². The first-order valence-corrected chi connectivity index (χ1v) is 13.3. The normalized spacial score (nSPS) is 37.9. The number of nitrogens with two attached hydrogens (primary N) is 2. The molecule has 0 radical (unpaired) electrons. The number of nitriles is 1. The second kappa shape index (κ2) is 11.2. The van der Waals surface area contributed by atoms with Crippen LogP contribution in [0.1, 0.15) is 51.9 Å². The van der Waals surface area contributed by atoms with Gasteiger partial charge in [-0.1, -0.05) is 13.3 Å². The van der Waals surface area contributed by atoms with Crippen LogP contribution in [0.4, 0.5) is 0 Å². The maximum absolute atomic E-state index is 13.6. The van der Waals surface area contributed by atoms with Crippen LogP contribution in [0.2, 0.25) is 0 Å². The van der Waals surface area contributed by atoms with E-state index in [9.17, 15) is 10.1 Å². The van der Waals surface area contributed by atoms with Crippen LogP contribution >= 0.6 is 0 Å². The molecule has 1 amide bonds. The summed E-state index contributed by atoms with van der Waals surface area (Å²) in [6, 6.07) is 2.18. The molecule has 4 aliphatic rings. The number of piperidine rings is 2. The average molecular weight is 476 g/mol. The summed E-state index contributed by atoms with van der Waals surface area (Å²) in [5, 5.41) is 19.6. The van der Waals surface area contributed by atoms with Crippen LogP contribution in [0.15, 0.2) is 0 Å². The molecule has 4 rings (SSSR count). The number of hydrogen-bond acceptors (Lipinski definition) is 8. The van der Waals surface area contributed by atoms with Crippen LogP contribution in [0.5, 0.6) is 0 Å². The predicted molar refractivity (Wildman–Crippen MR) is 131 cm³/mol. The van der Waals surface area contributed by atoms with E-state index in [4.69, 9.17) is 16.2 Å². The van der Waals surface area contributed by atoms with Gasteiger partial charge in [-0.15, -0.1) is 0 Å². The summed E-state index contributed by atoms with van der Waals surface area (Å²) in [4.78, 5) is 15.9. The van der Waals surface area contributed by atoms with Crippen molar-refractivity contribution in [1.29, 1.82) is 5.26 Å². The Morgan fingerprint density at radius 3 is 2.71 bits per heavy atom. The average Bonchev–Trinajstić information content (AvgIpc) is 3.54. The lowest BCUT2D eigenvalue weighted by Crippen LogP contribution is -2.62. The molecule has 9 heteroatoms. The van der Waals surface area contributed by atoms with Gasteiger partial charge in [0, 0.05) is 32.1 Å². The zero-order valence-corrected chi connectivity index (χ0v) is 21.0. The molecule has 1 saturated carbocycles. The lowest BCUT2D eigenvalue weighted by molar-refractivity contribution is -0.130. The number of likely N-dealkylation sites (tertiary alicyclic amines) is 1. The van der Waals surface area contributed by atoms with Gasteiger partial charge in [0.15, 0.2) is 0 Å². The van der Waals surface area contributed by atoms with E-state index < -0.39 is 12.1 Å². The summed E-state index contributed by atoms with van der Waals surface area (Å²) in [5.41, 5.74) is 12.7. The minimum atomic E-state index is -0.749. The summed E-state index contributed by atoms with van der Waals surface area (Å²) in [6.45, 7) is 6.66. The van der Waals surface area contributed by atoms with Crippen molar-refractivity contribution >= 4 is 5.91 Å². The maximum atomic E-state index is 13.6. The smallest absolute Gasteiger partial charge is 0.227 e. The highest BCUT2D eigenvalue weighted by Crippen LogP contribution is 2.63. The van der Waals surface area contributed by atoms with Crippen molar-refractivity contribution in [3.8, 4) is 6.07 Å². The van der Waals surface area contributed by atoms with Crippen LogP contribution in [-0.4, -0.2) is 81.0 Å². The van der Waals surface area contributed by atoms with Crippen LogP contribution < -0.4 is 27.4 Å². The molecule has 0 aromatic carbocycles. The summed E-state index contributed by atoms with van der Waals surface area (Å²) >= 11 is 0.